The zero-order valence-electron chi connectivity index (χ0n) is 12.9. The number of fused-ring (bicyclic) bond motifs is 1. The van der Waals surface area contributed by atoms with E-state index < -0.39 is 5.97 Å². The van der Waals surface area contributed by atoms with Gasteiger partial charge in [-0.15, -0.1) is 22.7 Å². The summed E-state index contributed by atoms with van der Waals surface area (Å²) in [5, 5.41) is 6.00. The van der Waals surface area contributed by atoms with Crippen LogP contribution in [0.25, 0.3) is 20.7 Å². The Kier molecular flexibility index (Phi) is 4.17. The van der Waals surface area contributed by atoms with Gasteiger partial charge in [-0.25, -0.2) is 9.78 Å². The average molecular weight is 368 g/mol. The molecule has 1 aromatic carbocycles. The van der Waals surface area contributed by atoms with Gasteiger partial charge in [0.1, 0.15) is 17.3 Å². The van der Waals surface area contributed by atoms with Crippen LogP contribution in [0.4, 0.5) is 0 Å². The van der Waals surface area contributed by atoms with Crippen molar-refractivity contribution in [3.63, 3.8) is 0 Å². The highest BCUT2D eigenvalue weighted by atomic mass is 32.1. The smallest absolute Gasteiger partial charge is 0.355 e. The summed E-state index contributed by atoms with van der Waals surface area (Å²) in [6.07, 6.45) is 0. The third kappa shape index (κ3) is 3.24. The van der Waals surface area contributed by atoms with Crippen molar-refractivity contribution in [2.75, 3.05) is 0 Å². The molecule has 0 saturated heterocycles. The molecule has 0 unspecified atom stereocenters. The molecule has 0 aliphatic rings. The van der Waals surface area contributed by atoms with Crippen molar-refractivity contribution in [1.82, 2.24) is 9.97 Å². The van der Waals surface area contributed by atoms with Gasteiger partial charge >= 0.3 is 5.97 Å². The molecule has 5 nitrogen and oxygen atoms in total. The van der Waals surface area contributed by atoms with Gasteiger partial charge in [0.05, 0.1) is 10.6 Å². The van der Waals surface area contributed by atoms with Crippen molar-refractivity contribution in [3.8, 4) is 9.88 Å². The molecule has 1 N–H and O–H groups in total. The van der Waals surface area contributed by atoms with E-state index in [1.807, 2.05) is 29.0 Å². The fourth-order valence-electron chi connectivity index (χ4n) is 2.42. The zero-order chi connectivity index (χ0) is 17.2. The molecule has 3 aromatic heterocycles. The Hall–Kier alpha value is -2.77. The van der Waals surface area contributed by atoms with Gasteiger partial charge in [-0.2, -0.15) is 0 Å². The number of carbonyl (C=O) groups excluding carboxylic acids is 1. The Labute approximate surface area is 150 Å². The first-order valence-corrected chi connectivity index (χ1v) is 9.24. The minimum atomic E-state index is -0.575. The van der Waals surface area contributed by atoms with Gasteiger partial charge < -0.3 is 9.72 Å². The third-order valence-corrected chi connectivity index (χ3v) is 5.54. The van der Waals surface area contributed by atoms with Gasteiger partial charge in [-0.05, 0) is 29.0 Å². The maximum absolute atomic E-state index is 12.2. The van der Waals surface area contributed by atoms with Crippen LogP contribution < -0.4 is 5.56 Å². The van der Waals surface area contributed by atoms with Crippen molar-refractivity contribution in [1.29, 1.82) is 0 Å². The molecular formula is C18H12N2O3S2. The van der Waals surface area contributed by atoms with Gasteiger partial charge in [-0.1, -0.05) is 24.3 Å². The minimum absolute atomic E-state index is 0.0650. The number of nitrogens with one attached hydrogen (secondary N) is 1. The molecule has 3 heterocycles. The number of rotatable bonds is 4. The van der Waals surface area contributed by atoms with E-state index in [4.69, 9.17) is 4.74 Å². The molecule has 4 rings (SSSR count). The molecule has 0 saturated carbocycles. The fourth-order valence-corrected chi connectivity index (χ4v) is 4.04. The lowest BCUT2D eigenvalue weighted by molar-refractivity contribution is 0.0461. The molecule has 124 valence electrons. The SMILES string of the molecule is O=C(OCc1csc(-c2cccs2)n1)c1cc2ccccc2c(=O)[nH]1. The van der Waals surface area contributed by atoms with E-state index in [0.717, 1.165) is 9.88 Å². The maximum Gasteiger partial charge on any atom is 0.355 e. The van der Waals surface area contributed by atoms with Gasteiger partial charge in [-0.3, -0.25) is 4.79 Å². The monoisotopic (exact) mass is 368 g/mol. The molecule has 0 aliphatic heterocycles. The van der Waals surface area contributed by atoms with E-state index in [2.05, 4.69) is 9.97 Å². The molecule has 7 heteroatoms. The van der Waals surface area contributed by atoms with Crippen LogP contribution in [0.3, 0.4) is 0 Å². The number of hydrogen-bond acceptors (Lipinski definition) is 6. The highest BCUT2D eigenvalue weighted by molar-refractivity contribution is 7.20. The number of ether oxygens (including phenoxy) is 1. The van der Waals surface area contributed by atoms with E-state index in [1.165, 1.54) is 11.3 Å². The summed E-state index contributed by atoms with van der Waals surface area (Å²) in [6.45, 7) is 0.0650. The second-order valence-electron chi connectivity index (χ2n) is 5.30. The highest BCUT2D eigenvalue weighted by Gasteiger charge is 2.12. The van der Waals surface area contributed by atoms with E-state index >= 15 is 0 Å². The maximum atomic E-state index is 12.2. The number of nitrogens with zero attached hydrogens (tertiary/aromatic N) is 1. The molecule has 0 bridgehead atoms. The summed E-state index contributed by atoms with van der Waals surface area (Å²) in [4.78, 5) is 32.4. The van der Waals surface area contributed by atoms with Crippen molar-refractivity contribution in [3.05, 3.63) is 75.0 Å². The predicted octanol–water partition coefficient (Wildman–Crippen LogP) is 4.07. The molecule has 0 radical (unpaired) electrons. The Morgan fingerprint density at radius 3 is 2.88 bits per heavy atom. The van der Waals surface area contributed by atoms with Crippen LogP contribution in [0, 0.1) is 0 Å². The summed E-state index contributed by atoms with van der Waals surface area (Å²) >= 11 is 3.12. The molecule has 0 amide bonds. The molecule has 0 fully saturated rings. The minimum Gasteiger partial charge on any atom is -0.454 e. The van der Waals surface area contributed by atoms with Gasteiger partial charge in [0.15, 0.2) is 0 Å². The molecule has 0 spiro atoms. The Bertz CT molecular complexity index is 1100. The van der Waals surface area contributed by atoms with Crippen LogP contribution in [-0.2, 0) is 11.3 Å². The Morgan fingerprint density at radius 1 is 1.16 bits per heavy atom. The number of aromatic nitrogens is 2. The molecule has 0 atom stereocenters. The number of benzene rings is 1. The van der Waals surface area contributed by atoms with E-state index in [0.29, 0.717) is 16.5 Å². The zero-order valence-corrected chi connectivity index (χ0v) is 14.5. The van der Waals surface area contributed by atoms with Gasteiger partial charge in [0, 0.05) is 10.8 Å². The van der Waals surface area contributed by atoms with Gasteiger partial charge in [0.2, 0.25) is 0 Å². The summed E-state index contributed by atoms with van der Waals surface area (Å²) in [5.41, 5.74) is 0.515. The fraction of sp³-hybridized carbons (Fsp3) is 0.0556. The predicted molar refractivity (Wildman–Crippen MR) is 99.1 cm³/mol. The lowest BCUT2D eigenvalue weighted by atomic mass is 10.1. The van der Waals surface area contributed by atoms with Crippen LogP contribution in [-0.4, -0.2) is 15.9 Å². The van der Waals surface area contributed by atoms with Crippen molar-refractivity contribution in [2.45, 2.75) is 6.61 Å². The number of pyridine rings is 1. The molecular weight excluding hydrogens is 356 g/mol. The first-order valence-electron chi connectivity index (χ1n) is 7.48. The van der Waals surface area contributed by atoms with Crippen LogP contribution in [0.15, 0.2) is 58.0 Å². The number of esters is 1. The quantitative estimate of drug-likeness (QED) is 0.551. The number of carbonyl (C=O) groups is 1. The topological polar surface area (TPSA) is 72.0 Å². The third-order valence-electron chi connectivity index (χ3n) is 3.61. The van der Waals surface area contributed by atoms with E-state index in [-0.39, 0.29) is 17.9 Å². The molecule has 0 aliphatic carbocycles. The number of hydrogen-bond donors (Lipinski definition) is 1. The highest BCUT2D eigenvalue weighted by Crippen LogP contribution is 2.28. The summed E-state index contributed by atoms with van der Waals surface area (Å²) in [7, 11) is 0. The average Bonchev–Trinajstić information content (AvgIpc) is 3.31. The lowest BCUT2D eigenvalue weighted by Crippen LogP contribution is -2.15. The van der Waals surface area contributed by atoms with Crippen LogP contribution in [0.1, 0.15) is 16.2 Å². The molecule has 25 heavy (non-hydrogen) atoms. The normalized spacial score (nSPS) is 10.9. The van der Waals surface area contributed by atoms with E-state index in [9.17, 15) is 9.59 Å². The number of thiazole rings is 1. The van der Waals surface area contributed by atoms with Crippen molar-refractivity contribution < 1.29 is 9.53 Å². The number of thiophene rings is 1. The van der Waals surface area contributed by atoms with Crippen LogP contribution >= 0.6 is 22.7 Å². The van der Waals surface area contributed by atoms with Crippen molar-refractivity contribution >= 4 is 39.4 Å². The lowest BCUT2D eigenvalue weighted by Gasteiger charge is -2.04. The number of H-pyrrole nitrogens is 1. The Balaban J connectivity index is 1.50. The number of aromatic amines is 1. The van der Waals surface area contributed by atoms with Gasteiger partial charge in [0.25, 0.3) is 5.56 Å². The largest absolute Gasteiger partial charge is 0.454 e. The van der Waals surface area contributed by atoms with Crippen molar-refractivity contribution in [2.24, 2.45) is 0 Å². The van der Waals surface area contributed by atoms with Crippen LogP contribution in [0.2, 0.25) is 0 Å². The second-order valence-corrected chi connectivity index (χ2v) is 7.10. The standard InChI is InChI=1S/C18H12N2O3S2/c21-16-13-5-2-1-4-11(13)8-14(20-16)18(22)23-9-12-10-25-17(19-12)15-6-3-7-24-15/h1-8,10H,9H2,(H,20,21). The summed E-state index contributed by atoms with van der Waals surface area (Å²) in [5.74, 6) is -0.575. The Morgan fingerprint density at radius 2 is 2.04 bits per heavy atom. The second kappa shape index (κ2) is 6.62. The summed E-state index contributed by atoms with van der Waals surface area (Å²) < 4.78 is 5.29. The first-order chi connectivity index (χ1) is 12.2. The molecule has 4 aromatic rings. The summed E-state index contributed by atoms with van der Waals surface area (Å²) in [6, 6.07) is 12.7. The van der Waals surface area contributed by atoms with Crippen LogP contribution in [0.5, 0.6) is 0 Å². The van der Waals surface area contributed by atoms with E-state index in [1.54, 1.807) is 35.6 Å². The first kappa shape index (κ1) is 15.7.